The largest absolute Gasteiger partial charge is 0.488 e. The summed E-state index contributed by atoms with van der Waals surface area (Å²) in [5.41, 5.74) is 3.81. The zero-order chi connectivity index (χ0) is 17.7. The third-order valence-electron chi connectivity index (χ3n) is 2.92. The van der Waals surface area contributed by atoms with Crippen LogP contribution in [-0.2, 0) is 6.42 Å². The van der Waals surface area contributed by atoms with Gasteiger partial charge in [-0.3, -0.25) is 9.78 Å². The van der Waals surface area contributed by atoms with E-state index >= 15 is 0 Å². The Kier molecular flexibility index (Phi) is 6.23. The van der Waals surface area contributed by atoms with E-state index in [-0.39, 0.29) is 17.6 Å². The summed E-state index contributed by atoms with van der Waals surface area (Å²) in [7, 11) is 0. The highest BCUT2D eigenvalue weighted by molar-refractivity contribution is 6.37. The molecule has 0 atom stereocenters. The van der Waals surface area contributed by atoms with E-state index in [2.05, 4.69) is 20.5 Å². The molecule has 0 aliphatic rings. The number of rotatable bonds is 6. The second-order valence-electron chi connectivity index (χ2n) is 5.29. The maximum absolute atomic E-state index is 11.5. The first-order valence-corrected chi connectivity index (χ1v) is 8.19. The van der Waals surface area contributed by atoms with Gasteiger partial charge in [0.2, 0.25) is 5.95 Å². The Bertz CT molecular complexity index is 780. The molecular weight excluding hydrogens is 351 g/mol. The van der Waals surface area contributed by atoms with Crippen molar-refractivity contribution in [1.82, 2.24) is 9.97 Å². The van der Waals surface area contributed by atoms with Crippen LogP contribution in [0.15, 0.2) is 28.1 Å². The molecule has 1 aromatic carbocycles. The summed E-state index contributed by atoms with van der Waals surface area (Å²) in [5.74, 6) is 0.715. The summed E-state index contributed by atoms with van der Waals surface area (Å²) in [6, 6.07) is 4.83. The van der Waals surface area contributed by atoms with Crippen LogP contribution in [0.25, 0.3) is 0 Å². The van der Waals surface area contributed by atoms with Gasteiger partial charge in [-0.25, -0.2) is 10.4 Å². The van der Waals surface area contributed by atoms with Crippen molar-refractivity contribution in [2.24, 2.45) is 5.10 Å². The number of anilines is 1. The van der Waals surface area contributed by atoms with E-state index < -0.39 is 0 Å². The van der Waals surface area contributed by atoms with E-state index in [0.29, 0.717) is 33.5 Å². The Morgan fingerprint density at radius 3 is 2.58 bits per heavy atom. The molecule has 0 amide bonds. The predicted octanol–water partition coefficient (Wildman–Crippen LogP) is 3.87. The van der Waals surface area contributed by atoms with Gasteiger partial charge in [-0.15, -0.1) is 0 Å². The topological polar surface area (TPSA) is 79.4 Å². The van der Waals surface area contributed by atoms with E-state index in [0.717, 1.165) is 0 Å². The molecule has 0 aliphatic heterocycles. The number of aromatic amines is 1. The van der Waals surface area contributed by atoms with Crippen molar-refractivity contribution in [3.8, 4) is 5.75 Å². The molecule has 8 heteroatoms. The molecule has 24 heavy (non-hydrogen) atoms. The van der Waals surface area contributed by atoms with Crippen LogP contribution in [0.3, 0.4) is 0 Å². The van der Waals surface area contributed by atoms with Gasteiger partial charge in [-0.05, 0) is 38.0 Å². The number of nitrogens with one attached hydrogen (secondary N) is 2. The first kappa shape index (κ1) is 18.3. The van der Waals surface area contributed by atoms with Gasteiger partial charge in [-0.2, -0.15) is 5.10 Å². The fourth-order valence-electron chi connectivity index (χ4n) is 1.91. The maximum Gasteiger partial charge on any atom is 0.252 e. The first-order valence-electron chi connectivity index (χ1n) is 7.44. The Hall–Kier alpha value is -2.05. The molecule has 128 valence electrons. The van der Waals surface area contributed by atoms with Gasteiger partial charge in [0.25, 0.3) is 5.56 Å². The summed E-state index contributed by atoms with van der Waals surface area (Å²) >= 11 is 12.4. The predicted molar refractivity (Wildman–Crippen MR) is 97.7 cm³/mol. The lowest BCUT2D eigenvalue weighted by molar-refractivity contribution is 0.243. The van der Waals surface area contributed by atoms with Gasteiger partial charge in [0.1, 0.15) is 0 Å². The monoisotopic (exact) mass is 368 g/mol. The van der Waals surface area contributed by atoms with Gasteiger partial charge < -0.3 is 4.74 Å². The molecular formula is C16H18Cl2N4O2. The van der Waals surface area contributed by atoms with E-state index in [1.54, 1.807) is 12.1 Å². The lowest BCUT2D eigenvalue weighted by atomic mass is 10.2. The van der Waals surface area contributed by atoms with Crippen molar-refractivity contribution >= 4 is 35.4 Å². The molecule has 6 nitrogen and oxygen atoms in total. The maximum atomic E-state index is 11.5. The highest BCUT2D eigenvalue weighted by Gasteiger charge is 2.10. The number of H-pyrrole nitrogens is 1. The van der Waals surface area contributed by atoms with E-state index in [1.165, 1.54) is 12.3 Å². The summed E-state index contributed by atoms with van der Waals surface area (Å²) in [5, 5.41) is 4.84. The Balaban J connectivity index is 2.15. The number of aryl methyl sites for hydroxylation is 1. The van der Waals surface area contributed by atoms with Crippen molar-refractivity contribution < 1.29 is 4.74 Å². The second-order valence-corrected chi connectivity index (χ2v) is 6.10. The minimum Gasteiger partial charge on any atom is -0.488 e. The van der Waals surface area contributed by atoms with Crippen LogP contribution in [0.5, 0.6) is 5.75 Å². The molecule has 0 bridgehead atoms. The highest BCUT2D eigenvalue weighted by atomic mass is 35.5. The molecule has 0 spiro atoms. The van der Waals surface area contributed by atoms with Gasteiger partial charge >= 0.3 is 0 Å². The zero-order valence-electron chi connectivity index (χ0n) is 13.6. The van der Waals surface area contributed by atoms with Crippen LogP contribution in [0.4, 0.5) is 5.95 Å². The fraction of sp³-hybridized carbons (Fsp3) is 0.312. The van der Waals surface area contributed by atoms with Gasteiger partial charge in [0.05, 0.1) is 22.4 Å². The second kappa shape index (κ2) is 8.17. The fourth-order valence-corrected chi connectivity index (χ4v) is 2.51. The summed E-state index contributed by atoms with van der Waals surface area (Å²) in [6.45, 7) is 5.70. The van der Waals surface area contributed by atoms with Crippen LogP contribution in [0, 0.1) is 0 Å². The first-order chi connectivity index (χ1) is 11.4. The minimum atomic E-state index is -0.235. The molecule has 0 radical (unpaired) electrons. The smallest absolute Gasteiger partial charge is 0.252 e. The van der Waals surface area contributed by atoms with E-state index in [1.807, 2.05) is 20.8 Å². The van der Waals surface area contributed by atoms with Crippen LogP contribution >= 0.6 is 23.2 Å². The van der Waals surface area contributed by atoms with Crippen molar-refractivity contribution in [3.63, 3.8) is 0 Å². The zero-order valence-corrected chi connectivity index (χ0v) is 15.1. The Labute approximate surface area is 149 Å². The number of hydrazone groups is 1. The number of nitrogens with zero attached hydrogens (tertiary/aromatic N) is 2. The molecule has 0 fully saturated rings. The van der Waals surface area contributed by atoms with Crippen LogP contribution < -0.4 is 15.7 Å². The number of benzene rings is 1. The van der Waals surface area contributed by atoms with Crippen molar-refractivity contribution in [2.75, 3.05) is 5.43 Å². The number of ether oxygens (including phenoxy) is 1. The average Bonchev–Trinajstić information content (AvgIpc) is 2.50. The number of aromatic nitrogens is 2. The molecule has 2 N–H and O–H groups in total. The normalized spacial score (nSPS) is 11.2. The number of hydrogen-bond acceptors (Lipinski definition) is 5. The van der Waals surface area contributed by atoms with Crippen LogP contribution in [0.1, 0.15) is 32.0 Å². The highest BCUT2D eigenvalue weighted by Crippen LogP contribution is 2.34. The Morgan fingerprint density at radius 2 is 2.00 bits per heavy atom. The molecule has 0 saturated carbocycles. The number of halogens is 2. The Morgan fingerprint density at radius 1 is 1.33 bits per heavy atom. The van der Waals surface area contributed by atoms with Crippen molar-refractivity contribution in [1.29, 1.82) is 0 Å². The molecule has 0 saturated heterocycles. The van der Waals surface area contributed by atoms with Gasteiger partial charge in [0.15, 0.2) is 5.75 Å². The molecule has 1 heterocycles. The van der Waals surface area contributed by atoms with Crippen LogP contribution in [-0.4, -0.2) is 22.3 Å². The summed E-state index contributed by atoms with van der Waals surface area (Å²) in [6.07, 6.45) is 2.15. The summed E-state index contributed by atoms with van der Waals surface area (Å²) in [4.78, 5) is 18.3. The van der Waals surface area contributed by atoms with E-state index in [9.17, 15) is 4.79 Å². The van der Waals surface area contributed by atoms with Crippen LogP contribution in [0.2, 0.25) is 10.0 Å². The molecule has 2 aromatic rings. The lowest BCUT2D eigenvalue weighted by Gasteiger charge is -2.13. The third kappa shape index (κ3) is 4.97. The lowest BCUT2D eigenvalue weighted by Crippen LogP contribution is -2.11. The molecule has 0 unspecified atom stereocenters. The summed E-state index contributed by atoms with van der Waals surface area (Å²) < 4.78 is 5.57. The van der Waals surface area contributed by atoms with E-state index in [4.69, 9.17) is 27.9 Å². The SMILES string of the molecule is CCc1cc(=O)[nH]c(N/N=C\c2cc(Cl)c(OC(C)C)c(Cl)c2)n1. The van der Waals surface area contributed by atoms with Crippen molar-refractivity contribution in [3.05, 3.63) is 49.9 Å². The van der Waals surface area contributed by atoms with Gasteiger partial charge in [0, 0.05) is 11.8 Å². The van der Waals surface area contributed by atoms with Crippen molar-refractivity contribution in [2.45, 2.75) is 33.3 Å². The van der Waals surface area contributed by atoms with Gasteiger partial charge in [-0.1, -0.05) is 30.1 Å². The standard InChI is InChI=1S/C16H18Cl2N4O2/c1-4-11-7-14(23)21-16(20-11)22-19-8-10-5-12(17)15(13(18)6-10)24-9(2)3/h5-9H,4H2,1-3H3,(H2,20,21,22,23)/b19-8-. The average molecular weight is 369 g/mol. The third-order valence-corrected chi connectivity index (χ3v) is 3.48. The molecule has 2 rings (SSSR count). The number of hydrogen-bond donors (Lipinski definition) is 2. The molecule has 1 aromatic heterocycles. The molecule has 0 aliphatic carbocycles. The minimum absolute atomic E-state index is 0.0325. The quantitative estimate of drug-likeness (QED) is 0.598.